The number of hydrogen-bond acceptors (Lipinski definition) is 2. The molecule has 0 N–H and O–H groups in total. The summed E-state index contributed by atoms with van der Waals surface area (Å²) in [5, 5.41) is 0.309. The van der Waals surface area contributed by atoms with Crippen molar-refractivity contribution in [3.8, 4) is 0 Å². The largest absolute Gasteiger partial charge is 0.298 e. The summed E-state index contributed by atoms with van der Waals surface area (Å²) in [4.78, 5) is 14.5. The molecule has 1 rings (SSSR count). The summed E-state index contributed by atoms with van der Waals surface area (Å²) in [5.41, 5.74) is 1.42. The van der Waals surface area contributed by atoms with E-state index in [0.717, 1.165) is 31.2 Å². The van der Waals surface area contributed by atoms with Gasteiger partial charge in [0.25, 0.3) is 0 Å². The molecular formula is C10H12ClNO. The molecule has 1 heterocycles. The predicted molar refractivity (Wildman–Crippen MR) is 53.2 cm³/mol. The Hall–Kier alpha value is -0.890. The Bertz CT molecular complexity index is 299. The Morgan fingerprint density at radius 1 is 1.54 bits per heavy atom. The maximum atomic E-state index is 10.4. The summed E-state index contributed by atoms with van der Waals surface area (Å²) < 4.78 is 0. The fourth-order valence-electron chi connectivity index (χ4n) is 1.07. The molecule has 13 heavy (non-hydrogen) atoms. The molecule has 0 aromatic carbocycles. The standard InChI is InChI=1S/C10H12ClNO/c1-2-3-4-9-6-5-8(7-13)10(11)12-9/h5-7H,2-4H2,1H3. The highest BCUT2D eigenvalue weighted by molar-refractivity contribution is 6.31. The van der Waals surface area contributed by atoms with Crippen molar-refractivity contribution in [1.82, 2.24) is 4.98 Å². The first-order chi connectivity index (χ1) is 6.27. The fraction of sp³-hybridized carbons (Fsp3) is 0.400. The smallest absolute Gasteiger partial charge is 0.153 e. The summed E-state index contributed by atoms with van der Waals surface area (Å²) >= 11 is 5.77. The minimum atomic E-state index is 0.309. The van der Waals surface area contributed by atoms with Crippen molar-refractivity contribution < 1.29 is 4.79 Å². The molecule has 70 valence electrons. The van der Waals surface area contributed by atoms with Gasteiger partial charge in [-0.3, -0.25) is 4.79 Å². The Morgan fingerprint density at radius 3 is 2.85 bits per heavy atom. The van der Waals surface area contributed by atoms with Crippen LogP contribution in [0.4, 0.5) is 0 Å². The van der Waals surface area contributed by atoms with Crippen molar-refractivity contribution in [2.75, 3.05) is 0 Å². The SMILES string of the molecule is CCCCc1ccc(C=O)c(Cl)n1. The minimum absolute atomic E-state index is 0.309. The predicted octanol–water partition coefficient (Wildman–Crippen LogP) is 2.89. The van der Waals surface area contributed by atoms with Crippen LogP contribution in [0.2, 0.25) is 5.15 Å². The molecule has 3 heteroatoms. The summed E-state index contributed by atoms with van der Waals surface area (Å²) in [7, 11) is 0. The van der Waals surface area contributed by atoms with Gasteiger partial charge in [0.05, 0.1) is 5.56 Å². The number of rotatable bonds is 4. The molecule has 0 aliphatic heterocycles. The maximum Gasteiger partial charge on any atom is 0.153 e. The first-order valence-electron chi connectivity index (χ1n) is 4.38. The van der Waals surface area contributed by atoms with Gasteiger partial charge < -0.3 is 0 Å². The third-order valence-electron chi connectivity index (χ3n) is 1.85. The number of aromatic nitrogens is 1. The monoisotopic (exact) mass is 197 g/mol. The summed E-state index contributed by atoms with van der Waals surface area (Å²) in [6, 6.07) is 3.57. The lowest BCUT2D eigenvalue weighted by Crippen LogP contribution is -1.93. The van der Waals surface area contributed by atoms with Gasteiger partial charge in [-0.15, -0.1) is 0 Å². The van der Waals surface area contributed by atoms with Crippen molar-refractivity contribution in [1.29, 1.82) is 0 Å². The van der Waals surface area contributed by atoms with Gasteiger partial charge in [0.2, 0.25) is 0 Å². The zero-order chi connectivity index (χ0) is 9.68. The number of aryl methyl sites for hydroxylation is 1. The average molecular weight is 198 g/mol. The zero-order valence-corrected chi connectivity index (χ0v) is 8.34. The van der Waals surface area contributed by atoms with Crippen molar-refractivity contribution in [2.24, 2.45) is 0 Å². The fourth-order valence-corrected chi connectivity index (χ4v) is 1.28. The van der Waals surface area contributed by atoms with Crippen LogP contribution in [0.25, 0.3) is 0 Å². The van der Waals surface area contributed by atoms with Gasteiger partial charge in [0.1, 0.15) is 5.15 Å². The molecule has 2 nitrogen and oxygen atoms in total. The van der Waals surface area contributed by atoms with Gasteiger partial charge in [-0.1, -0.05) is 24.9 Å². The summed E-state index contributed by atoms with van der Waals surface area (Å²) in [6.45, 7) is 2.13. The molecular weight excluding hydrogens is 186 g/mol. The number of hydrogen-bond donors (Lipinski definition) is 0. The van der Waals surface area contributed by atoms with Gasteiger partial charge in [-0.05, 0) is 25.0 Å². The number of carbonyl (C=O) groups is 1. The Kier molecular flexibility index (Phi) is 3.90. The third-order valence-corrected chi connectivity index (χ3v) is 2.15. The van der Waals surface area contributed by atoms with E-state index in [1.807, 2.05) is 6.07 Å². The van der Waals surface area contributed by atoms with E-state index in [2.05, 4.69) is 11.9 Å². The van der Waals surface area contributed by atoms with Crippen LogP contribution in [0.5, 0.6) is 0 Å². The minimum Gasteiger partial charge on any atom is -0.298 e. The third kappa shape index (κ3) is 2.81. The molecule has 0 aliphatic carbocycles. The molecule has 1 aromatic heterocycles. The van der Waals surface area contributed by atoms with Crippen LogP contribution in [0, 0.1) is 0 Å². The van der Waals surface area contributed by atoms with Gasteiger partial charge in [0.15, 0.2) is 6.29 Å². The molecule has 0 bridgehead atoms. The highest BCUT2D eigenvalue weighted by Gasteiger charge is 2.01. The number of unbranched alkanes of at least 4 members (excludes halogenated alkanes) is 1. The number of carbonyl (C=O) groups excluding carboxylic acids is 1. The van der Waals surface area contributed by atoms with E-state index in [1.165, 1.54) is 0 Å². The quantitative estimate of drug-likeness (QED) is 0.549. The highest BCUT2D eigenvalue weighted by Crippen LogP contribution is 2.12. The average Bonchev–Trinajstić information content (AvgIpc) is 2.15. The number of pyridine rings is 1. The van der Waals surface area contributed by atoms with Crippen LogP contribution in [0.3, 0.4) is 0 Å². The lowest BCUT2D eigenvalue weighted by molar-refractivity contribution is 0.112. The van der Waals surface area contributed by atoms with Gasteiger partial charge >= 0.3 is 0 Å². The van der Waals surface area contributed by atoms with Crippen LogP contribution in [0.15, 0.2) is 12.1 Å². The molecule has 0 saturated heterocycles. The normalized spacial score (nSPS) is 10.0. The van der Waals surface area contributed by atoms with Crippen LogP contribution >= 0.6 is 11.6 Å². The highest BCUT2D eigenvalue weighted by atomic mass is 35.5. The second-order valence-corrected chi connectivity index (χ2v) is 3.26. The van der Waals surface area contributed by atoms with E-state index >= 15 is 0 Å². The topological polar surface area (TPSA) is 30.0 Å². The van der Waals surface area contributed by atoms with Crippen LogP contribution in [-0.2, 0) is 6.42 Å². The van der Waals surface area contributed by atoms with Crippen LogP contribution in [0.1, 0.15) is 35.8 Å². The molecule has 0 atom stereocenters. The van der Waals surface area contributed by atoms with Crippen molar-refractivity contribution in [3.05, 3.63) is 28.5 Å². The number of halogens is 1. The van der Waals surface area contributed by atoms with E-state index in [0.29, 0.717) is 10.7 Å². The van der Waals surface area contributed by atoms with E-state index < -0.39 is 0 Å². The lowest BCUT2D eigenvalue weighted by atomic mass is 10.2. The summed E-state index contributed by atoms with van der Waals surface area (Å²) in [6.07, 6.45) is 3.88. The van der Waals surface area contributed by atoms with Gasteiger partial charge in [0, 0.05) is 5.69 Å². The maximum absolute atomic E-state index is 10.4. The van der Waals surface area contributed by atoms with Gasteiger partial charge in [-0.2, -0.15) is 0 Å². The van der Waals surface area contributed by atoms with E-state index in [9.17, 15) is 4.79 Å². The van der Waals surface area contributed by atoms with Crippen molar-refractivity contribution >= 4 is 17.9 Å². The van der Waals surface area contributed by atoms with E-state index in [-0.39, 0.29) is 0 Å². The molecule has 0 fully saturated rings. The first-order valence-corrected chi connectivity index (χ1v) is 4.76. The van der Waals surface area contributed by atoms with E-state index in [1.54, 1.807) is 6.07 Å². The lowest BCUT2D eigenvalue weighted by Gasteiger charge is -2.00. The Labute approximate surface area is 82.9 Å². The number of nitrogens with zero attached hydrogens (tertiary/aromatic N) is 1. The second kappa shape index (κ2) is 4.97. The molecule has 0 unspecified atom stereocenters. The molecule has 0 saturated carbocycles. The molecule has 0 amide bonds. The Balaban J connectivity index is 2.77. The molecule has 0 radical (unpaired) electrons. The summed E-state index contributed by atoms with van der Waals surface area (Å²) in [5.74, 6) is 0. The molecule has 0 spiro atoms. The van der Waals surface area contributed by atoms with Crippen molar-refractivity contribution in [2.45, 2.75) is 26.2 Å². The van der Waals surface area contributed by atoms with Gasteiger partial charge in [-0.25, -0.2) is 4.98 Å². The first kappa shape index (κ1) is 10.2. The van der Waals surface area contributed by atoms with E-state index in [4.69, 9.17) is 11.6 Å². The number of aldehydes is 1. The van der Waals surface area contributed by atoms with Crippen LogP contribution in [-0.4, -0.2) is 11.3 Å². The molecule has 1 aromatic rings. The molecule has 0 aliphatic rings. The van der Waals surface area contributed by atoms with Crippen LogP contribution < -0.4 is 0 Å². The zero-order valence-electron chi connectivity index (χ0n) is 7.59. The van der Waals surface area contributed by atoms with Crippen molar-refractivity contribution in [3.63, 3.8) is 0 Å². The Morgan fingerprint density at radius 2 is 2.31 bits per heavy atom. The second-order valence-electron chi connectivity index (χ2n) is 2.90.